The van der Waals surface area contributed by atoms with Crippen molar-refractivity contribution in [3.63, 3.8) is 0 Å². The number of carbonyl (C=O) groups is 2. The van der Waals surface area contributed by atoms with Crippen molar-refractivity contribution < 1.29 is 23.6 Å². The highest BCUT2D eigenvalue weighted by Crippen LogP contribution is 2.26. The number of carbonyl (C=O) groups excluding carboxylic acids is 2. The Morgan fingerprint density at radius 1 is 1.16 bits per heavy atom. The van der Waals surface area contributed by atoms with Gasteiger partial charge in [0.1, 0.15) is 22.9 Å². The van der Waals surface area contributed by atoms with E-state index >= 15 is 0 Å². The first-order chi connectivity index (χ1) is 14.5. The summed E-state index contributed by atoms with van der Waals surface area (Å²) in [5, 5.41) is 2.71. The van der Waals surface area contributed by atoms with Crippen LogP contribution in [-0.2, 0) is 32.0 Å². The molecular formula is C23H36N2O5S. The Morgan fingerprint density at radius 2 is 1.77 bits per heavy atom. The maximum Gasteiger partial charge on any atom is 0.341 e. The smallest absolute Gasteiger partial charge is 0.341 e. The van der Waals surface area contributed by atoms with E-state index in [9.17, 15) is 14.1 Å². The Labute approximate surface area is 188 Å². The average Bonchev–Trinajstić information content (AvgIpc) is 2.71. The van der Waals surface area contributed by atoms with E-state index in [0.29, 0.717) is 17.4 Å². The van der Waals surface area contributed by atoms with Crippen LogP contribution in [-0.4, -0.2) is 46.2 Å². The second-order valence-corrected chi connectivity index (χ2v) is 10.8. The largest absolute Gasteiger partial charge is 0.616 e. The molecule has 1 aromatic carbocycles. The van der Waals surface area contributed by atoms with E-state index < -0.39 is 34.2 Å². The van der Waals surface area contributed by atoms with Gasteiger partial charge < -0.3 is 25.1 Å². The molecule has 2 atom stereocenters. The van der Waals surface area contributed by atoms with Gasteiger partial charge in [0.05, 0.1) is 7.11 Å². The second-order valence-electron chi connectivity index (χ2n) is 9.26. The first-order valence-corrected chi connectivity index (χ1v) is 12.3. The number of nitrogens with one attached hydrogen (secondary N) is 1. The summed E-state index contributed by atoms with van der Waals surface area (Å²) >= 11 is -1.41. The first-order valence-electron chi connectivity index (χ1n) is 10.8. The third-order valence-corrected chi connectivity index (χ3v) is 6.94. The number of hydrogen-bond donors (Lipinski definition) is 2. The first kappa shape index (κ1) is 25.5. The molecule has 1 aromatic rings. The van der Waals surface area contributed by atoms with Crippen LogP contribution in [0.25, 0.3) is 0 Å². The zero-order chi connectivity index (χ0) is 23.1. The molecule has 0 aromatic heterocycles. The molecule has 0 spiro atoms. The molecule has 0 heterocycles. The fourth-order valence-corrected chi connectivity index (χ4v) is 5.33. The number of hydrogen-bond acceptors (Lipinski definition) is 6. The molecule has 8 heteroatoms. The topological polar surface area (TPSA) is 114 Å². The van der Waals surface area contributed by atoms with Crippen LogP contribution >= 0.6 is 0 Å². The van der Waals surface area contributed by atoms with Gasteiger partial charge in [0.25, 0.3) is 5.91 Å². The molecule has 31 heavy (non-hydrogen) atoms. The number of esters is 1. The van der Waals surface area contributed by atoms with Crippen LogP contribution in [0.3, 0.4) is 0 Å². The van der Waals surface area contributed by atoms with Crippen molar-refractivity contribution in [2.45, 2.75) is 70.6 Å². The van der Waals surface area contributed by atoms with Crippen LogP contribution in [0.4, 0.5) is 0 Å². The fourth-order valence-electron chi connectivity index (χ4n) is 3.60. The van der Waals surface area contributed by atoms with Crippen molar-refractivity contribution in [3.05, 3.63) is 29.8 Å². The molecule has 174 valence electrons. The summed E-state index contributed by atoms with van der Waals surface area (Å²) in [6.45, 7) is 5.30. The predicted molar refractivity (Wildman–Crippen MR) is 122 cm³/mol. The highest BCUT2D eigenvalue weighted by molar-refractivity contribution is 7.91. The molecule has 0 radical (unpaired) electrons. The van der Waals surface area contributed by atoms with Gasteiger partial charge in [-0.05, 0) is 51.3 Å². The number of nitrogens with two attached hydrogens (primary N) is 1. The van der Waals surface area contributed by atoms with Crippen molar-refractivity contribution in [2.24, 2.45) is 11.7 Å². The van der Waals surface area contributed by atoms with E-state index in [2.05, 4.69) is 5.32 Å². The minimum atomic E-state index is -2.01. The van der Waals surface area contributed by atoms with E-state index in [0.717, 1.165) is 31.2 Å². The van der Waals surface area contributed by atoms with Crippen LogP contribution < -0.4 is 15.8 Å². The van der Waals surface area contributed by atoms with Crippen molar-refractivity contribution in [1.82, 2.24) is 5.32 Å². The van der Waals surface area contributed by atoms with Crippen LogP contribution in [0.5, 0.6) is 5.75 Å². The Morgan fingerprint density at radius 3 is 2.32 bits per heavy atom. The zero-order valence-electron chi connectivity index (χ0n) is 19.1. The van der Waals surface area contributed by atoms with Crippen molar-refractivity contribution in [2.75, 3.05) is 18.6 Å². The summed E-state index contributed by atoms with van der Waals surface area (Å²) in [4.78, 5) is 25.9. The summed E-state index contributed by atoms with van der Waals surface area (Å²) in [7, 11) is 1.58. The van der Waals surface area contributed by atoms with Gasteiger partial charge in [0, 0.05) is 12.5 Å². The van der Waals surface area contributed by atoms with Crippen LogP contribution in [0.1, 0.15) is 58.4 Å². The second kappa shape index (κ2) is 11.2. The predicted octanol–water partition coefficient (Wildman–Crippen LogP) is 2.68. The van der Waals surface area contributed by atoms with E-state index in [-0.39, 0.29) is 12.3 Å². The molecule has 1 aliphatic carbocycles. The van der Waals surface area contributed by atoms with Crippen LogP contribution in [0.15, 0.2) is 24.3 Å². The SMILES string of the molecule is COc1ccc(CNC(=O)[C@](N)(C[S+]([O-])CC2CCCCC2)C(=O)OC(C)(C)C)cc1. The molecule has 1 unspecified atom stereocenters. The van der Waals surface area contributed by atoms with Gasteiger partial charge in [-0.25, -0.2) is 4.79 Å². The van der Waals surface area contributed by atoms with Crippen molar-refractivity contribution in [1.29, 1.82) is 0 Å². The third kappa shape index (κ3) is 8.01. The Kier molecular flexibility index (Phi) is 9.21. The number of methoxy groups -OCH3 is 1. The summed E-state index contributed by atoms with van der Waals surface area (Å²) in [5.41, 5.74) is 4.30. The molecule has 1 fully saturated rings. The Bertz CT molecular complexity index is 728. The molecule has 7 nitrogen and oxygen atoms in total. The molecule has 0 aliphatic heterocycles. The summed E-state index contributed by atoms with van der Waals surface area (Å²) in [5.74, 6) is -0.297. The Hall–Kier alpha value is -1.77. The summed E-state index contributed by atoms with van der Waals surface area (Å²) in [6, 6.07) is 7.19. The lowest BCUT2D eigenvalue weighted by Crippen LogP contribution is -2.65. The maximum absolute atomic E-state index is 13.0. The number of rotatable bonds is 9. The molecule has 0 saturated heterocycles. The quantitative estimate of drug-likeness (QED) is 0.338. The van der Waals surface area contributed by atoms with E-state index in [4.69, 9.17) is 15.2 Å². The molecule has 1 amide bonds. The molecule has 2 rings (SSSR count). The van der Waals surface area contributed by atoms with Gasteiger partial charge in [-0.1, -0.05) is 42.6 Å². The maximum atomic E-state index is 13.0. The van der Waals surface area contributed by atoms with Gasteiger partial charge in [-0.2, -0.15) is 0 Å². The molecule has 1 saturated carbocycles. The highest BCUT2D eigenvalue weighted by Gasteiger charge is 2.49. The van der Waals surface area contributed by atoms with Gasteiger partial charge in [-0.15, -0.1) is 0 Å². The standard InChI is InChI=1S/C23H36N2O5S/c1-22(2,3)30-21(27)23(24,16-31(28)15-18-8-6-5-7-9-18)20(26)25-14-17-10-12-19(29-4)13-11-17/h10-13,18H,5-9,14-16,24H2,1-4H3,(H,25,26)/t23-,31?/m1/s1. The fraction of sp³-hybridized carbons (Fsp3) is 0.652. The van der Waals surface area contributed by atoms with Gasteiger partial charge in [0.15, 0.2) is 0 Å². The molecule has 0 bridgehead atoms. The Balaban J connectivity index is 2.08. The highest BCUT2D eigenvalue weighted by atomic mass is 32.2. The lowest BCUT2D eigenvalue weighted by molar-refractivity contribution is -0.163. The number of ether oxygens (including phenoxy) is 2. The minimum Gasteiger partial charge on any atom is -0.616 e. The van der Waals surface area contributed by atoms with Crippen molar-refractivity contribution in [3.8, 4) is 5.75 Å². The third-order valence-electron chi connectivity index (χ3n) is 5.32. The monoisotopic (exact) mass is 452 g/mol. The van der Waals surface area contributed by atoms with Crippen molar-refractivity contribution >= 4 is 23.1 Å². The van der Waals surface area contributed by atoms with Gasteiger partial charge in [0.2, 0.25) is 5.54 Å². The summed E-state index contributed by atoms with van der Waals surface area (Å²) < 4.78 is 23.4. The van der Waals surface area contributed by atoms with E-state index in [1.54, 1.807) is 40.0 Å². The minimum absolute atomic E-state index is 0.180. The molecule has 1 aliphatic rings. The number of benzene rings is 1. The normalized spacial score (nSPS) is 18.0. The summed E-state index contributed by atoms with van der Waals surface area (Å²) in [6.07, 6.45) is 5.52. The zero-order valence-corrected chi connectivity index (χ0v) is 19.9. The van der Waals surface area contributed by atoms with Crippen LogP contribution in [0, 0.1) is 5.92 Å². The lowest BCUT2D eigenvalue weighted by Gasteiger charge is -2.31. The molecular weight excluding hydrogens is 416 g/mol. The van der Waals surface area contributed by atoms with E-state index in [1.165, 1.54) is 6.42 Å². The number of amides is 1. The van der Waals surface area contributed by atoms with Crippen LogP contribution in [0.2, 0.25) is 0 Å². The average molecular weight is 453 g/mol. The lowest BCUT2D eigenvalue weighted by atomic mass is 9.91. The van der Waals surface area contributed by atoms with Gasteiger partial charge in [-0.3, -0.25) is 4.79 Å². The van der Waals surface area contributed by atoms with Gasteiger partial charge >= 0.3 is 5.97 Å². The van der Waals surface area contributed by atoms with E-state index in [1.807, 2.05) is 12.1 Å². The molecule has 3 N–H and O–H groups in total.